The molecule has 0 aliphatic rings. The van der Waals surface area contributed by atoms with Crippen molar-refractivity contribution in [1.29, 1.82) is 0 Å². The Bertz CT molecular complexity index is 508. The molecule has 0 saturated carbocycles. The Balaban J connectivity index is 2.42. The fourth-order valence-electron chi connectivity index (χ4n) is 1.46. The molecule has 0 spiro atoms. The lowest BCUT2D eigenvalue weighted by Crippen LogP contribution is -1.97. The number of benzene rings is 1. The number of aromatic nitrogens is 3. The predicted molar refractivity (Wildman–Crippen MR) is 61.7 cm³/mol. The van der Waals surface area contributed by atoms with Gasteiger partial charge in [-0.2, -0.15) is 0 Å². The van der Waals surface area contributed by atoms with E-state index in [4.69, 9.17) is 11.6 Å². The molecule has 4 nitrogen and oxygen atoms in total. The first-order valence-corrected chi connectivity index (χ1v) is 5.32. The summed E-state index contributed by atoms with van der Waals surface area (Å²) in [6.45, 7) is 3.61. The smallest absolute Gasteiger partial charge is 0.111 e. The predicted octanol–water partition coefficient (Wildman–Crippen LogP) is 2.28. The van der Waals surface area contributed by atoms with Crippen LogP contribution in [-0.4, -0.2) is 20.1 Å². The third-order valence-electron chi connectivity index (χ3n) is 2.34. The molecule has 84 valence electrons. The van der Waals surface area contributed by atoms with Crippen LogP contribution in [0.25, 0.3) is 5.69 Å². The molecular formula is C11H12ClN3O. The zero-order valence-corrected chi connectivity index (χ0v) is 9.81. The van der Waals surface area contributed by atoms with Gasteiger partial charge in [0.15, 0.2) is 0 Å². The van der Waals surface area contributed by atoms with E-state index in [1.807, 2.05) is 19.1 Å². The van der Waals surface area contributed by atoms with Crippen LogP contribution >= 0.6 is 11.6 Å². The maximum Gasteiger partial charge on any atom is 0.111 e. The van der Waals surface area contributed by atoms with Gasteiger partial charge in [-0.15, -0.1) is 5.10 Å². The fraction of sp³-hybridized carbons (Fsp3) is 0.273. The zero-order chi connectivity index (χ0) is 11.7. The van der Waals surface area contributed by atoms with Crippen molar-refractivity contribution in [2.75, 3.05) is 0 Å². The molecule has 16 heavy (non-hydrogen) atoms. The lowest BCUT2D eigenvalue weighted by Gasteiger charge is -2.04. The van der Waals surface area contributed by atoms with Crippen LogP contribution in [0.1, 0.15) is 24.3 Å². The second-order valence-corrected chi connectivity index (χ2v) is 4.13. The van der Waals surface area contributed by atoms with Gasteiger partial charge >= 0.3 is 0 Å². The largest absolute Gasteiger partial charge is 0.387 e. The number of rotatable bonds is 2. The van der Waals surface area contributed by atoms with Crippen molar-refractivity contribution in [3.63, 3.8) is 0 Å². The minimum atomic E-state index is -0.610. The van der Waals surface area contributed by atoms with E-state index in [-0.39, 0.29) is 0 Å². The molecule has 1 atom stereocenters. The second-order valence-electron chi connectivity index (χ2n) is 3.69. The number of aliphatic hydroxyl groups excluding tert-OH is 1. The number of halogens is 1. The highest BCUT2D eigenvalue weighted by molar-refractivity contribution is 6.30. The Labute approximate surface area is 98.5 Å². The van der Waals surface area contributed by atoms with Crippen molar-refractivity contribution in [2.45, 2.75) is 20.0 Å². The third kappa shape index (κ3) is 2.08. The molecule has 5 heteroatoms. The molecule has 1 aromatic heterocycles. The van der Waals surface area contributed by atoms with Crippen LogP contribution in [0.15, 0.2) is 24.4 Å². The molecule has 1 aromatic carbocycles. The number of nitrogens with zero attached hydrogens (tertiary/aromatic N) is 3. The minimum absolute atomic E-state index is 0.550. The van der Waals surface area contributed by atoms with E-state index in [9.17, 15) is 5.11 Å². The van der Waals surface area contributed by atoms with E-state index >= 15 is 0 Å². The highest BCUT2D eigenvalue weighted by Gasteiger charge is 2.08. The Morgan fingerprint density at radius 3 is 2.75 bits per heavy atom. The zero-order valence-electron chi connectivity index (χ0n) is 9.05. The van der Waals surface area contributed by atoms with Gasteiger partial charge in [-0.1, -0.05) is 16.8 Å². The van der Waals surface area contributed by atoms with Crippen LogP contribution in [0.3, 0.4) is 0 Å². The van der Waals surface area contributed by atoms with E-state index < -0.39 is 6.10 Å². The first-order chi connectivity index (χ1) is 7.58. The summed E-state index contributed by atoms with van der Waals surface area (Å²) in [5.74, 6) is 0. The summed E-state index contributed by atoms with van der Waals surface area (Å²) >= 11 is 5.87. The molecule has 1 N–H and O–H groups in total. The molecule has 0 amide bonds. The van der Waals surface area contributed by atoms with Gasteiger partial charge in [-0.05, 0) is 37.6 Å². The van der Waals surface area contributed by atoms with Gasteiger partial charge < -0.3 is 5.11 Å². The van der Waals surface area contributed by atoms with Gasteiger partial charge in [0.25, 0.3) is 0 Å². The summed E-state index contributed by atoms with van der Waals surface area (Å²) in [6, 6.07) is 5.53. The summed E-state index contributed by atoms with van der Waals surface area (Å²) in [6.07, 6.45) is 1.10. The lowest BCUT2D eigenvalue weighted by molar-refractivity contribution is 0.194. The SMILES string of the molecule is Cc1cc(Cl)ccc1-n1cc(C(C)O)nn1. The summed E-state index contributed by atoms with van der Waals surface area (Å²) in [5, 5.41) is 17.9. The first-order valence-electron chi connectivity index (χ1n) is 4.95. The number of aliphatic hydroxyl groups is 1. The van der Waals surface area contributed by atoms with Crippen molar-refractivity contribution in [2.24, 2.45) is 0 Å². The Morgan fingerprint density at radius 2 is 2.19 bits per heavy atom. The first kappa shape index (κ1) is 11.1. The number of hydrogen-bond donors (Lipinski definition) is 1. The molecule has 1 heterocycles. The average Bonchev–Trinajstić information content (AvgIpc) is 2.66. The van der Waals surface area contributed by atoms with Crippen molar-refractivity contribution in [3.05, 3.63) is 40.7 Å². The Morgan fingerprint density at radius 1 is 1.44 bits per heavy atom. The monoisotopic (exact) mass is 237 g/mol. The molecule has 2 rings (SSSR count). The fourth-order valence-corrected chi connectivity index (χ4v) is 1.69. The van der Waals surface area contributed by atoms with Gasteiger partial charge in [0.2, 0.25) is 0 Å². The summed E-state index contributed by atoms with van der Waals surface area (Å²) in [5.41, 5.74) is 2.47. The van der Waals surface area contributed by atoms with E-state index in [0.29, 0.717) is 10.7 Å². The van der Waals surface area contributed by atoms with Gasteiger partial charge in [0, 0.05) is 5.02 Å². The van der Waals surface area contributed by atoms with Gasteiger partial charge in [-0.3, -0.25) is 0 Å². The maximum absolute atomic E-state index is 9.36. The third-order valence-corrected chi connectivity index (χ3v) is 2.58. The van der Waals surface area contributed by atoms with Gasteiger partial charge in [0.05, 0.1) is 18.0 Å². The Hall–Kier alpha value is -1.39. The minimum Gasteiger partial charge on any atom is -0.387 e. The molecule has 0 bridgehead atoms. The van der Waals surface area contributed by atoms with Crippen molar-refractivity contribution >= 4 is 11.6 Å². The van der Waals surface area contributed by atoms with E-state index in [1.165, 1.54) is 0 Å². The molecular weight excluding hydrogens is 226 g/mol. The summed E-state index contributed by atoms with van der Waals surface area (Å²) in [4.78, 5) is 0. The van der Waals surface area contributed by atoms with Crippen LogP contribution in [0.2, 0.25) is 5.02 Å². The van der Waals surface area contributed by atoms with E-state index in [2.05, 4.69) is 10.3 Å². The molecule has 2 aromatic rings. The molecule has 0 radical (unpaired) electrons. The lowest BCUT2D eigenvalue weighted by atomic mass is 10.2. The van der Waals surface area contributed by atoms with Crippen molar-refractivity contribution in [3.8, 4) is 5.69 Å². The highest BCUT2D eigenvalue weighted by Crippen LogP contribution is 2.19. The van der Waals surface area contributed by atoms with Crippen LogP contribution in [0.4, 0.5) is 0 Å². The van der Waals surface area contributed by atoms with E-state index in [1.54, 1.807) is 23.9 Å². The number of aryl methyl sites for hydroxylation is 1. The number of hydrogen-bond acceptors (Lipinski definition) is 3. The quantitative estimate of drug-likeness (QED) is 0.872. The molecule has 0 aliphatic carbocycles. The van der Waals surface area contributed by atoms with Crippen molar-refractivity contribution in [1.82, 2.24) is 15.0 Å². The van der Waals surface area contributed by atoms with Crippen LogP contribution < -0.4 is 0 Å². The topological polar surface area (TPSA) is 50.9 Å². The summed E-state index contributed by atoms with van der Waals surface area (Å²) < 4.78 is 1.63. The van der Waals surface area contributed by atoms with Gasteiger partial charge in [0.1, 0.15) is 5.69 Å². The molecule has 1 unspecified atom stereocenters. The van der Waals surface area contributed by atoms with Crippen molar-refractivity contribution < 1.29 is 5.11 Å². The summed E-state index contributed by atoms with van der Waals surface area (Å²) in [7, 11) is 0. The van der Waals surface area contributed by atoms with E-state index in [0.717, 1.165) is 11.3 Å². The normalized spacial score (nSPS) is 12.8. The van der Waals surface area contributed by atoms with Gasteiger partial charge in [-0.25, -0.2) is 4.68 Å². The molecule has 0 saturated heterocycles. The molecule has 0 aliphatic heterocycles. The van der Waals surface area contributed by atoms with Crippen LogP contribution in [0.5, 0.6) is 0 Å². The van der Waals surface area contributed by atoms with Crippen LogP contribution in [0, 0.1) is 6.92 Å². The van der Waals surface area contributed by atoms with Crippen LogP contribution in [-0.2, 0) is 0 Å². The standard InChI is InChI=1S/C11H12ClN3O/c1-7-5-9(12)3-4-11(7)15-6-10(8(2)16)13-14-15/h3-6,8,16H,1-2H3. The average molecular weight is 238 g/mol. The highest BCUT2D eigenvalue weighted by atomic mass is 35.5. The maximum atomic E-state index is 9.36. The Kier molecular flexibility index (Phi) is 2.94. The molecule has 0 fully saturated rings. The second kappa shape index (κ2) is 4.23.